The number of hydrogen-bond acceptors (Lipinski definition) is 4. The Morgan fingerprint density at radius 2 is 1.94 bits per heavy atom. The zero-order chi connectivity index (χ0) is 14.3. The number of carbonyl (C=O) groups is 2. The maximum atomic E-state index is 11.4. The number of hydrazone groups is 1. The van der Waals surface area contributed by atoms with Crippen LogP contribution in [0.2, 0.25) is 0 Å². The summed E-state index contributed by atoms with van der Waals surface area (Å²) in [5.41, 5.74) is 2.28. The van der Waals surface area contributed by atoms with Crippen molar-refractivity contribution in [2.75, 3.05) is 5.88 Å². The third kappa shape index (κ3) is 6.59. The summed E-state index contributed by atoms with van der Waals surface area (Å²) in [4.78, 5) is 22.8. The molecule has 0 fully saturated rings. The summed E-state index contributed by atoms with van der Waals surface area (Å²) < 4.78 is 5.03. The molecule has 0 saturated carbocycles. The molecule has 0 aromatic heterocycles. The van der Waals surface area contributed by atoms with Gasteiger partial charge in [0.15, 0.2) is 5.78 Å². The average Bonchev–Trinajstić information content (AvgIpc) is 2.26. The highest BCUT2D eigenvalue weighted by Gasteiger charge is 2.19. The molecule has 0 heterocycles. The monoisotopic (exact) mass is 276 g/mol. The molecule has 1 unspecified atom stereocenters. The van der Waals surface area contributed by atoms with Crippen LogP contribution in [-0.2, 0) is 9.53 Å². The van der Waals surface area contributed by atoms with E-state index in [9.17, 15) is 9.59 Å². The van der Waals surface area contributed by atoms with Gasteiger partial charge in [-0.05, 0) is 27.2 Å². The van der Waals surface area contributed by atoms with E-state index in [1.54, 1.807) is 27.7 Å². The van der Waals surface area contributed by atoms with Crippen molar-refractivity contribution in [1.82, 2.24) is 5.43 Å². The molecule has 1 atom stereocenters. The normalized spacial score (nSPS) is 14.0. The number of hydrogen-bond donors (Lipinski definition) is 1. The largest absolute Gasteiger partial charge is 0.443 e. The van der Waals surface area contributed by atoms with Crippen molar-refractivity contribution in [2.24, 2.45) is 11.0 Å². The van der Waals surface area contributed by atoms with Gasteiger partial charge in [0.05, 0.1) is 11.8 Å². The molecule has 0 aromatic rings. The number of ether oxygens (including phenoxy) is 1. The lowest BCUT2D eigenvalue weighted by Gasteiger charge is -2.19. The molecule has 18 heavy (non-hydrogen) atoms. The summed E-state index contributed by atoms with van der Waals surface area (Å²) in [5, 5.41) is 3.91. The highest BCUT2D eigenvalue weighted by molar-refractivity contribution is 6.29. The van der Waals surface area contributed by atoms with Crippen molar-refractivity contribution in [3.8, 4) is 0 Å². The van der Waals surface area contributed by atoms with Crippen LogP contribution in [0, 0.1) is 5.92 Å². The van der Waals surface area contributed by atoms with Crippen LogP contribution in [0.15, 0.2) is 5.10 Å². The number of halogens is 1. The smallest absolute Gasteiger partial charge is 0.428 e. The van der Waals surface area contributed by atoms with Gasteiger partial charge in [0.25, 0.3) is 0 Å². The molecule has 0 radical (unpaired) electrons. The lowest BCUT2D eigenvalue weighted by Crippen LogP contribution is -2.32. The summed E-state index contributed by atoms with van der Waals surface area (Å²) in [7, 11) is 0. The maximum Gasteiger partial charge on any atom is 0.428 e. The molecule has 0 aromatic carbocycles. The Hall–Kier alpha value is -1.10. The zero-order valence-electron chi connectivity index (χ0n) is 11.5. The minimum atomic E-state index is -0.640. The molecule has 0 rings (SSSR count). The van der Waals surface area contributed by atoms with Gasteiger partial charge in [0.1, 0.15) is 5.60 Å². The van der Waals surface area contributed by atoms with Gasteiger partial charge in [0.2, 0.25) is 0 Å². The Balaban J connectivity index is 4.54. The van der Waals surface area contributed by atoms with E-state index >= 15 is 0 Å². The van der Waals surface area contributed by atoms with Crippen molar-refractivity contribution in [3.05, 3.63) is 0 Å². The van der Waals surface area contributed by atoms with Crippen LogP contribution in [0.3, 0.4) is 0 Å². The van der Waals surface area contributed by atoms with Gasteiger partial charge in [-0.15, -0.1) is 11.6 Å². The predicted octanol–water partition coefficient (Wildman–Crippen LogP) is 2.72. The number of nitrogens with zero attached hydrogens (tertiary/aromatic N) is 1. The quantitative estimate of drug-likeness (QED) is 0.477. The zero-order valence-corrected chi connectivity index (χ0v) is 12.3. The number of alkyl halides is 1. The number of carbonyl (C=O) groups excluding carboxylic acids is 2. The van der Waals surface area contributed by atoms with E-state index in [0.29, 0.717) is 12.1 Å². The predicted molar refractivity (Wildman–Crippen MR) is 72.0 cm³/mol. The Bertz CT molecular complexity index is 335. The molecular weight excluding hydrogens is 256 g/mol. The molecular formula is C12H21ClN2O3. The van der Waals surface area contributed by atoms with Gasteiger partial charge in [-0.3, -0.25) is 4.79 Å². The van der Waals surface area contributed by atoms with E-state index in [4.69, 9.17) is 16.3 Å². The number of ketones is 1. The Kier molecular flexibility index (Phi) is 6.91. The Labute approximate surface area is 113 Å². The van der Waals surface area contributed by atoms with E-state index < -0.39 is 17.6 Å². The lowest BCUT2D eigenvalue weighted by molar-refractivity contribution is -0.118. The second-order valence-electron chi connectivity index (χ2n) is 4.89. The lowest BCUT2D eigenvalue weighted by atomic mass is 10.00. The van der Waals surface area contributed by atoms with Gasteiger partial charge in [-0.1, -0.05) is 13.8 Å². The van der Waals surface area contributed by atoms with Gasteiger partial charge in [0, 0.05) is 5.71 Å². The minimum absolute atomic E-state index is 0.0629. The first-order valence-electron chi connectivity index (χ1n) is 5.85. The number of Topliss-reactive ketones (excluding diaryl/α,β-unsaturated/α-hetero) is 1. The first-order valence-corrected chi connectivity index (χ1v) is 6.38. The fourth-order valence-electron chi connectivity index (χ4n) is 1.20. The standard InChI is InChI=1S/C12H21ClN2O3/c1-6-9(8(2)10(16)7-13)14-15-11(17)18-12(3,4)5/h8H,6-7H2,1-5H3,(H,15,17). The van der Waals surface area contributed by atoms with Crippen molar-refractivity contribution in [2.45, 2.75) is 46.6 Å². The van der Waals surface area contributed by atoms with Crippen LogP contribution in [0.25, 0.3) is 0 Å². The fourth-order valence-corrected chi connectivity index (χ4v) is 1.43. The Morgan fingerprint density at radius 1 is 1.39 bits per heavy atom. The minimum Gasteiger partial charge on any atom is -0.443 e. The van der Waals surface area contributed by atoms with Crippen molar-refractivity contribution in [1.29, 1.82) is 0 Å². The van der Waals surface area contributed by atoms with Crippen molar-refractivity contribution in [3.63, 3.8) is 0 Å². The van der Waals surface area contributed by atoms with Crippen molar-refractivity contribution < 1.29 is 14.3 Å². The molecule has 0 aliphatic carbocycles. The molecule has 6 heteroatoms. The summed E-state index contributed by atoms with van der Waals surface area (Å²) in [5.74, 6) is -0.585. The number of rotatable bonds is 5. The van der Waals surface area contributed by atoms with E-state index in [1.165, 1.54) is 0 Å². The van der Waals surface area contributed by atoms with Gasteiger partial charge in [-0.2, -0.15) is 5.10 Å². The van der Waals surface area contributed by atoms with Gasteiger partial charge >= 0.3 is 6.09 Å². The van der Waals surface area contributed by atoms with E-state index in [-0.39, 0.29) is 11.7 Å². The number of amides is 1. The molecule has 0 aliphatic rings. The maximum absolute atomic E-state index is 11.4. The number of nitrogens with one attached hydrogen (secondary N) is 1. The molecule has 104 valence electrons. The molecule has 0 aliphatic heterocycles. The topological polar surface area (TPSA) is 67.8 Å². The molecule has 1 N–H and O–H groups in total. The second-order valence-corrected chi connectivity index (χ2v) is 5.16. The second kappa shape index (κ2) is 7.36. The third-order valence-corrected chi connectivity index (χ3v) is 2.43. The fraction of sp³-hybridized carbons (Fsp3) is 0.750. The highest BCUT2D eigenvalue weighted by Crippen LogP contribution is 2.08. The van der Waals surface area contributed by atoms with Crippen LogP contribution in [0.1, 0.15) is 41.0 Å². The van der Waals surface area contributed by atoms with Crippen LogP contribution in [0.5, 0.6) is 0 Å². The van der Waals surface area contributed by atoms with E-state index in [2.05, 4.69) is 10.5 Å². The average molecular weight is 277 g/mol. The third-order valence-electron chi connectivity index (χ3n) is 2.17. The molecule has 0 spiro atoms. The SMILES string of the molecule is CCC(=NNC(=O)OC(C)(C)C)C(C)C(=O)CCl. The Morgan fingerprint density at radius 3 is 2.33 bits per heavy atom. The van der Waals surface area contributed by atoms with E-state index in [1.807, 2.05) is 6.92 Å². The first-order chi connectivity index (χ1) is 8.21. The van der Waals surface area contributed by atoms with Crippen LogP contribution < -0.4 is 5.43 Å². The van der Waals surface area contributed by atoms with Gasteiger partial charge < -0.3 is 4.74 Å². The molecule has 1 amide bonds. The van der Waals surface area contributed by atoms with Crippen LogP contribution in [-0.4, -0.2) is 29.1 Å². The first kappa shape index (κ1) is 16.9. The summed E-state index contributed by atoms with van der Waals surface area (Å²) in [6.45, 7) is 8.85. The van der Waals surface area contributed by atoms with Crippen molar-refractivity contribution >= 4 is 29.2 Å². The summed E-state index contributed by atoms with van der Waals surface area (Å²) in [6, 6.07) is 0. The highest BCUT2D eigenvalue weighted by atomic mass is 35.5. The van der Waals surface area contributed by atoms with Crippen LogP contribution in [0.4, 0.5) is 4.79 Å². The summed E-state index contributed by atoms with van der Waals surface area (Å²) in [6.07, 6.45) is -0.0847. The molecule has 0 saturated heterocycles. The molecule has 5 nitrogen and oxygen atoms in total. The van der Waals surface area contributed by atoms with Crippen LogP contribution >= 0.6 is 11.6 Å². The van der Waals surface area contributed by atoms with E-state index in [0.717, 1.165) is 0 Å². The van der Waals surface area contributed by atoms with Gasteiger partial charge in [-0.25, -0.2) is 10.2 Å². The summed E-state index contributed by atoms with van der Waals surface area (Å²) >= 11 is 5.48. The molecule has 0 bridgehead atoms.